The maximum absolute atomic E-state index is 4.21. The maximum atomic E-state index is 4.21. The zero-order valence-corrected chi connectivity index (χ0v) is 16.3. The van der Waals surface area contributed by atoms with E-state index in [2.05, 4.69) is 59.9 Å². The van der Waals surface area contributed by atoms with Gasteiger partial charge in [-0.3, -0.25) is 0 Å². The standard InChI is InChI=1S/C17H26.2C2H6/c1-9-16(10-2)15(8)17(13(5)6)11-14(7)12(3)4;2*1-2/h9,11H,5,8,10H2,1-4,6-7H3;2*1-2H3/b16-9-,17-11+;;. The molecule has 0 radical (unpaired) electrons. The van der Waals surface area contributed by atoms with Crippen molar-refractivity contribution >= 4 is 0 Å². The fourth-order valence-corrected chi connectivity index (χ4v) is 1.59. The van der Waals surface area contributed by atoms with Crippen LogP contribution < -0.4 is 0 Å². The van der Waals surface area contributed by atoms with E-state index in [1.54, 1.807) is 0 Å². The Kier molecular flexibility index (Phi) is 17.8. The number of hydrogen-bond acceptors (Lipinski definition) is 0. The molecule has 0 nitrogen and oxygen atoms in total. The Morgan fingerprint density at radius 1 is 0.905 bits per heavy atom. The minimum Gasteiger partial charge on any atom is -0.0955 e. The van der Waals surface area contributed by atoms with Gasteiger partial charge in [0.15, 0.2) is 0 Å². The Bertz CT molecular complexity index is 394. The topological polar surface area (TPSA) is 0 Å². The van der Waals surface area contributed by atoms with Crippen molar-refractivity contribution < 1.29 is 0 Å². The second-order valence-electron chi connectivity index (χ2n) is 4.67. The third kappa shape index (κ3) is 10.1. The maximum Gasteiger partial charge on any atom is -0.0161 e. The van der Waals surface area contributed by atoms with E-state index in [1.807, 2.05) is 34.6 Å². The summed E-state index contributed by atoms with van der Waals surface area (Å²) in [5, 5.41) is 0. The molecule has 21 heavy (non-hydrogen) atoms. The highest BCUT2D eigenvalue weighted by Gasteiger charge is 2.07. The van der Waals surface area contributed by atoms with Gasteiger partial charge < -0.3 is 0 Å². The third-order valence-corrected chi connectivity index (χ3v) is 3.05. The number of rotatable bonds is 5. The van der Waals surface area contributed by atoms with E-state index >= 15 is 0 Å². The van der Waals surface area contributed by atoms with E-state index in [-0.39, 0.29) is 0 Å². The lowest BCUT2D eigenvalue weighted by Crippen LogP contribution is -1.95. The van der Waals surface area contributed by atoms with Gasteiger partial charge >= 0.3 is 0 Å². The van der Waals surface area contributed by atoms with Gasteiger partial charge in [0, 0.05) is 0 Å². The first kappa shape index (κ1) is 24.7. The second kappa shape index (κ2) is 15.1. The van der Waals surface area contributed by atoms with E-state index in [1.165, 1.54) is 22.3 Å². The van der Waals surface area contributed by atoms with Gasteiger partial charge in [-0.1, -0.05) is 76.6 Å². The van der Waals surface area contributed by atoms with Crippen LogP contribution in [0, 0.1) is 0 Å². The summed E-state index contributed by atoms with van der Waals surface area (Å²) in [5.41, 5.74) is 7.25. The number of hydrogen-bond donors (Lipinski definition) is 0. The first-order valence-corrected chi connectivity index (χ1v) is 8.21. The van der Waals surface area contributed by atoms with Gasteiger partial charge in [-0.15, -0.1) is 0 Å². The van der Waals surface area contributed by atoms with Gasteiger partial charge in [-0.25, -0.2) is 0 Å². The average Bonchev–Trinajstić information content (AvgIpc) is 2.49. The van der Waals surface area contributed by atoms with Crippen LogP contribution in [0.3, 0.4) is 0 Å². The molecule has 0 aliphatic rings. The molecule has 0 heterocycles. The molecular formula is C21H38. The van der Waals surface area contributed by atoms with Crippen LogP contribution in [0.15, 0.2) is 58.7 Å². The molecule has 0 saturated carbocycles. The van der Waals surface area contributed by atoms with E-state index in [0.29, 0.717) is 0 Å². The van der Waals surface area contributed by atoms with Crippen LogP contribution in [-0.4, -0.2) is 0 Å². The lowest BCUT2D eigenvalue weighted by molar-refractivity contribution is 1.10. The molecule has 0 spiro atoms. The van der Waals surface area contributed by atoms with E-state index in [9.17, 15) is 0 Å². The van der Waals surface area contributed by atoms with Gasteiger partial charge in [-0.2, -0.15) is 0 Å². The Hall–Kier alpha value is -1.30. The zero-order valence-electron chi connectivity index (χ0n) is 16.3. The molecule has 0 aromatic carbocycles. The molecule has 0 aliphatic heterocycles. The Labute approximate surface area is 135 Å². The predicted octanol–water partition coefficient (Wildman–Crippen LogP) is 7.81. The van der Waals surface area contributed by atoms with Crippen molar-refractivity contribution in [3.8, 4) is 0 Å². The molecule has 0 amide bonds. The first-order valence-electron chi connectivity index (χ1n) is 8.21. The van der Waals surface area contributed by atoms with Gasteiger partial charge in [-0.05, 0) is 57.8 Å². The second-order valence-corrected chi connectivity index (χ2v) is 4.67. The van der Waals surface area contributed by atoms with Gasteiger partial charge in [0.1, 0.15) is 0 Å². The zero-order chi connectivity index (χ0) is 17.6. The van der Waals surface area contributed by atoms with Crippen molar-refractivity contribution in [3.05, 3.63) is 58.7 Å². The van der Waals surface area contributed by atoms with Crippen LogP contribution in [0.25, 0.3) is 0 Å². The normalized spacial score (nSPS) is 10.6. The van der Waals surface area contributed by atoms with Crippen molar-refractivity contribution in [2.75, 3.05) is 0 Å². The molecule has 0 aliphatic carbocycles. The Balaban J connectivity index is -0.000000739. The van der Waals surface area contributed by atoms with Crippen LogP contribution in [-0.2, 0) is 0 Å². The summed E-state index contributed by atoms with van der Waals surface area (Å²) in [6, 6.07) is 0. The smallest absolute Gasteiger partial charge is 0.0161 e. The van der Waals surface area contributed by atoms with E-state index in [0.717, 1.165) is 17.6 Å². The Morgan fingerprint density at radius 3 is 1.57 bits per heavy atom. The molecular weight excluding hydrogens is 252 g/mol. The highest BCUT2D eigenvalue weighted by atomic mass is 14.1. The highest BCUT2D eigenvalue weighted by Crippen LogP contribution is 2.26. The lowest BCUT2D eigenvalue weighted by atomic mass is 9.91. The molecule has 0 rings (SSSR count). The van der Waals surface area contributed by atoms with Crippen molar-refractivity contribution in [1.29, 1.82) is 0 Å². The van der Waals surface area contributed by atoms with Crippen LogP contribution >= 0.6 is 0 Å². The third-order valence-electron chi connectivity index (χ3n) is 3.05. The lowest BCUT2D eigenvalue weighted by Gasteiger charge is -2.14. The van der Waals surface area contributed by atoms with Crippen molar-refractivity contribution in [2.45, 2.75) is 75.7 Å². The molecule has 0 unspecified atom stereocenters. The molecule has 0 heteroatoms. The minimum atomic E-state index is 1.01. The van der Waals surface area contributed by atoms with Gasteiger partial charge in [0.25, 0.3) is 0 Å². The van der Waals surface area contributed by atoms with Crippen LogP contribution in [0.4, 0.5) is 0 Å². The fraction of sp³-hybridized carbons (Fsp3) is 0.524. The van der Waals surface area contributed by atoms with Crippen LogP contribution in [0.2, 0.25) is 0 Å². The highest BCUT2D eigenvalue weighted by molar-refractivity contribution is 5.55. The summed E-state index contributed by atoms with van der Waals surface area (Å²) < 4.78 is 0. The summed E-state index contributed by atoms with van der Waals surface area (Å²) in [6.07, 6.45) is 5.34. The molecule has 0 aromatic heterocycles. The molecule has 0 aromatic rings. The molecule has 0 atom stereocenters. The average molecular weight is 291 g/mol. The quantitative estimate of drug-likeness (QED) is 0.453. The molecule has 0 fully saturated rings. The fourth-order valence-electron chi connectivity index (χ4n) is 1.59. The van der Waals surface area contributed by atoms with Crippen molar-refractivity contribution in [2.24, 2.45) is 0 Å². The number of allylic oxidation sites excluding steroid dienone is 8. The summed E-state index contributed by atoms with van der Waals surface area (Å²) in [7, 11) is 0. The first-order chi connectivity index (χ1) is 9.84. The van der Waals surface area contributed by atoms with Gasteiger partial charge in [0.05, 0.1) is 0 Å². The molecule has 0 bridgehead atoms. The summed E-state index contributed by atoms with van der Waals surface area (Å²) in [6.45, 7) is 28.9. The summed E-state index contributed by atoms with van der Waals surface area (Å²) in [4.78, 5) is 0. The van der Waals surface area contributed by atoms with E-state index in [4.69, 9.17) is 0 Å². The molecule has 0 N–H and O–H groups in total. The van der Waals surface area contributed by atoms with Gasteiger partial charge in [0.2, 0.25) is 0 Å². The molecule has 122 valence electrons. The van der Waals surface area contributed by atoms with E-state index < -0.39 is 0 Å². The van der Waals surface area contributed by atoms with Crippen LogP contribution in [0.1, 0.15) is 75.7 Å². The summed E-state index contributed by atoms with van der Waals surface area (Å²) >= 11 is 0. The Morgan fingerprint density at radius 2 is 1.33 bits per heavy atom. The van der Waals surface area contributed by atoms with Crippen molar-refractivity contribution in [3.63, 3.8) is 0 Å². The predicted molar refractivity (Wildman–Crippen MR) is 103 cm³/mol. The van der Waals surface area contributed by atoms with Crippen molar-refractivity contribution in [1.82, 2.24) is 0 Å². The SMILES string of the molecule is C=C(C)/C(=C\C(C)=C(C)C)C(=C)/C(=C\C)CC.CC.CC. The molecule has 0 saturated heterocycles. The minimum absolute atomic E-state index is 1.01. The largest absolute Gasteiger partial charge is 0.0955 e. The van der Waals surface area contributed by atoms with Crippen LogP contribution in [0.5, 0.6) is 0 Å². The monoisotopic (exact) mass is 290 g/mol. The summed E-state index contributed by atoms with van der Waals surface area (Å²) in [5.74, 6) is 0.